The van der Waals surface area contributed by atoms with Gasteiger partial charge in [-0.15, -0.1) is 0 Å². The van der Waals surface area contributed by atoms with Crippen molar-refractivity contribution in [2.24, 2.45) is 0 Å². The number of benzene rings is 2. The summed E-state index contributed by atoms with van der Waals surface area (Å²) in [5, 5.41) is 0. The van der Waals surface area contributed by atoms with Crippen molar-refractivity contribution in [3.8, 4) is 11.5 Å². The molecule has 2 aliphatic heterocycles. The molecule has 2 aromatic rings. The molecule has 0 fully saturated rings. The van der Waals surface area contributed by atoms with Gasteiger partial charge in [0.1, 0.15) is 18.1 Å². The summed E-state index contributed by atoms with van der Waals surface area (Å²) >= 11 is 0. The minimum Gasteiger partial charge on any atom is -0.497 e. The highest BCUT2D eigenvalue weighted by Gasteiger charge is 2.43. The van der Waals surface area contributed by atoms with E-state index in [0.29, 0.717) is 22.8 Å². The first-order chi connectivity index (χ1) is 13.1. The lowest BCUT2D eigenvalue weighted by molar-refractivity contribution is -0.136. The predicted molar refractivity (Wildman–Crippen MR) is 98.8 cm³/mol. The number of methoxy groups -OCH3 is 2. The summed E-state index contributed by atoms with van der Waals surface area (Å²) in [5.41, 5.74) is 2.62. The summed E-state index contributed by atoms with van der Waals surface area (Å²) < 4.78 is 16.0. The second kappa shape index (κ2) is 6.79. The minimum absolute atomic E-state index is 0.0823. The van der Waals surface area contributed by atoms with Gasteiger partial charge in [-0.3, -0.25) is 9.69 Å². The fraction of sp³-hybridized carbons (Fsp3) is 0.238. The maximum absolute atomic E-state index is 13.0. The molecule has 0 saturated carbocycles. The highest BCUT2D eigenvalue weighted by Crippen LogP contribution is 2.44. The van der Waals surface area contributed by atoms with E-state index in [-0.39, 0.29) is 24.9 Å². The summed E-state index contributed by atoms with van der Waals surface area (Å²) in [6, 6.07) is 14.7. The van der Waals surface area contributed by atoms with Crippen LogP contribution in [0.25, 0.3) is 0 Å². The average Bonchev–Trinajstić information content (AvgIpc) is 3.09. The molecule has 6 nitrogen and oxygen atoms in total. The number of carbonyl (C=O) groups is 2. The van der Waals surface area contributed by atoms with Crippen molar-refractivity contribution < 1.29 is 23.8 Å². The normalized spacial score (nSPS) is 19.0. The van der Waals surface area contributed by atoms with Crippen molar-refractivity contribution in [1.82, 2.24) is 0 Å². The number of nitrogens with zero attached hydrogens (tertiary/aromatic N) is 1. The van der Waals surface area contributed by atoms with Crippen molar-refractivity contribution in [2.45, 2.75) is 12.3 Å². The molecule has 138 valence electrons. The van der Waals surface area contributed by atoms with Crippen molar-refractivity contribution in [3.05, 3.63) is 65.4 Å². The summed E-state index contributed by atoms with van der Waals surface area (Å²) in [6.07, 6.45) is 0.158. The molecule has 2 aromatic carbocycles. The van der Waals surface area contributed by atoms with Crippen LogP contribution in [0.4, 0.5) is 5.69 Å². The summed E-state index contributed by atoms with van der Waals surface area (Å²) in [6.45, 7) is 0.0871. The number of amides is 1. The zero-order chi connectivity index (χ0) is 19.0. The van der Waals surface area contributed by atoms with E-state index in [4.69, 9.17) is 14.2 Å². The van der Waals surface area contributed by atoms with Crippen molar-refractivity contribution in [2.75, 3.05) is 25.7 Å². The number of rotatable bonds is 4. The molecule has 0 aliphatic carbocycles. The molecule has 0 bridgehead atoms. The zero-order valence-corrected chi connectivity index (χ0v) is 15.1. The van der Waals surface area contributed by atoms with Gasteiger partial charge >= 0.3 is 5.97 Å². The van der Waals surface area contributed by atoms with Crippen LogP contribution in [-0.2, 0) is 14.3 Å². The van der Waals surface area contributed by atoms with Gasteiger partial charge in [-0.1, -0.05) is 24.3 Å². The number of para-hydroxylation sites is 1. The molecular weight excluding hydrogens is 346 g/mol. The molecule has 0 aromatic heterocycles. The van der Waals surface area contributed by atoms with E-state index in [1.165, 1.54) is 0 Å². The van der Waals surface area contributed by atoms with E-state index < -0.39 is 5.92 Å². The number of carbonyl (C=O) groups excluding carboxylic acids is 2. The highest BCUT2D eigenvalue weighted by atomic mass is 16.5. The molecule has 0 saturated heterocycles. The Balaban J connectivity index is 1.84. The molecule has 4 rings (SSSR count). The van der Waals surface area contributed by atoms with E-state index in [9.17, 15) is 9.59 Å². The second-order valence-electron chi connectivity index (χ2n) is 6.37. The van der Waals surface area contributed by atoms with Gasteiger partial charge in [-0.2, -0.15) is 0 Å². The van der Waals surface area contributed by atoms with Crippen LogP contribution in [0.1, 0.15) is 17.9 Å². The van der Waals surface area contributed by atoms with Crippen molar-refractivity contribution in [3.63, 3.8) is 0 Å². The van der Waals surface area contributed by atoms with E-state index in [1.54, 1.807) is 31.3 Å². The largest absolute Gasteiger partial charge is 0.497 e. The van der Waals surface area contributed by atoms with Gasteiger partial charge in [0.15, 0.2) is 0 Å². The third-order valence-corrected chi connectivity index (χ3v) is 4.95. The Kier molecular flexibility index (Phi) is 4.32. The Morgan fingerprint density at radius 3 is 2.52 bits per heavy atom. The van der Waals surface area contributed by atoms with E-state index >= 15 is 0 Å². The first kappa shape index (κ1) is 17.1. The van der Waals surface area contributed by atoms with E-state index in [2.05, 4.69) is 0 Å². The summed E-state index contributed by atoms with van der Waals surface area (Å²) in [7, 11) is 3.13. The molecule has 27 heavy (non-hydrogen) atoms. The number of cyclic esters (lactones) is 1. The smallest absolute Gasteiger partial charge is 0.336 e. The maximum Gasteiger partial charge on any atom is 0.336 e. The first-order valence-corrected chi connectivity index (χ1v) is 8.64. The van der Waals surface area contributed by atoms with Crippen LogP contribution in [0.2, 0.25) is 0 Å². The molecule has 6 heteroatoms. The standard InChI is InChI=1S/C21H19NO5/c1-25-14-8-9-15(18(10-14)26-2)16-11-19(23)22(13-6-4-3-5-7-13)17-12-27-21(24)20(16)17/h3-10,16H,11-12H2,1-2H3/t16-/m1/s1. The van der Waals surface area contributed by atoms with E-state index in [0.717, 1.165) is 11.3 Å². The van der Waals surface area contributed by atoms with Crippen LogP contribution in [0.5, 0.6) is 11.5 Å². The number of hydrogen-bond donors (Lipinski definition) is 0. The average molecular weight is 365 g/mol. The van der Waals surface area contributed by atoms with Gasteiger partial charge in [-0.25, -0.2) is 4.79 Å². The third-order valence-electron chi connectivity index (χ3n) is 4.95. The van der Waals surface area contributed by atoms with Gasteiger partial charge in [0.25, 0.3) is 0 Å². The van der Waals surface area contributed by atoms with Crippen LogP contribution in [0, 0.1) is 0 Å². The van der Waals surface area contributed by atoms with Gasteiger partial charge in [0.2, 0.25) is 5.91 Å². The lowest BCUT2D eigenvalue weighted by Crippen LogP contribution is -2.37. The second-order valence-corrected chi connectivity index (χ2v) is 6.37. The molecule has 2 heterocycles. The SMILES string of the molecule is COc1ccc([C@H]2CC(=O)N(c3ccccc3)C3=C2C(=O)OC3)c(OC)c1. The molecule has 0 unspecified atom stereocenters. The third kappa shape index (κ3) is 2.83. The number of anilines is 1. The predicted octanol–water partition coefficient (Wildman–Crippen LogP) is 3.04. The molecular formula is C21H19NO5. The summed E-state index contributed by atoms with van der Waals surface area (Å²) in [4.78, 5) is 27.1. The zero-order valence-electron chi connectivity index (χ0n) is 15.1. The molecule has 0 radical (unpaired) electrons. The van der Waals surface area contributed by atoms with Crippen LogP contribution < -0.4 is 14.4 Å². The van der Waals surface area contributed by atoms with Gasteiger partial charge in [0.05, 0.1) is 25.5 Å². The topological polar surface area (TPSA) is 65.1 Å². The Morgan fingerprint density at radius 2 is 1.81 bits per heavy atom. The summed E-state index contributed by atoms with van der Waals surface area (Å²) in [5.74, 6) is 0.337. The molecule has 0 N–H and O–H groups in total. The Labute approximate surface area is 156 Å². The fourth-order valence-corrected chi connectivity index (χ4v) is 3.70. The minimum atomic E-state index is -0.414. The molecule has 1 amide bonds. The lowest BCUT2D eigenvalue weighted by atomic mass is 9.83. The van der Waals surface area contributed by atoms with Gasteiger partial charge < -0.3 is 14.2 Å². The number of hydrogen-bond acceptors (Lipinski definition) is 5. The van der Waals surface area contributed by atoms with Crippen molar-refractivity contribution >= 4 is 17.6 Å². The number of ether oxygens (including phenoxy) is 3. The monoisotopic (exact) mass is 365 g/mol. The lowest BCUT2D eigenvalue weighted by Gasteiger charge is -2.32. The van der Waals surface area contributed by atoms with Crippen LogP contribution in [-0.4, -0.2) is 32.7 Å². The van der Waals surface area contributed by atoms with Crippen LogP contribution in [0.15, 0.2) is 59.8 Å². The van der Waals surface area contributed by atoms with Crippen molar-refractivity contribution in [1.29, 1.82) is 0 Å². The maximum atomic E-state index is 13.0. The molecule has 0 spiro atoms. The van der Waals surface area contributed by atoms with Gasteiger partial charge in [-0.05, 0) is 18.2 Å². The highest BCUT2D eigenvalue weighted by molar-refractivity contribution is 6.06. The van der Waals surface area contributed by atoms with E-state index in [1.807, 2.05) is 36.4 Å². The number of esters is 1. The van der Waals surface area contributed by atoms with Gasteiger partial charge in [0, 0.05) is 29.7 Å². The van der Waals surface area contributed by atoms with Crippen LogP contribution >= 0.6 is 0 Å². The quantitative estimate of drug-likeness (QED) is 0.779. The Hall–Kier alpha value is -3.28. The Bertz CT molecular complexity index is 935. The Morgan fingerprint density at radius 1 is 1.04 bits per heavy atom. The van der Waals surface area contributed by atoms with Crippen LogP contribution in [0.3, 0.4) is 0 Å². The molecule has 1 atom stereocenters. The fourth-order valence-electron chi connectivity index (χ4n) is 3.70. The first-order valence-electron chi connectivity index (χ1n) is 8.64. The molecule has 2 aliphatic rings.